The van der Waals surface area contributed by atoms with Gasteiger partial charge in [-0.3, -0.25) is 9.59 Å². The molecule has 0 saturated heterocycles. The molecule has 4 aliphatic carbocycles. The summed E-state index contributed by atoms with van der Waals surface area (Å²) in [5, 5.41) is 31.7. The fourth-order valence-electron chi connectivity index (χ4n) is 6.33. The van der Waals surface area contributed by atoms with Crippen molar-refractivity contribution in [1.29, 1.82) is 0 Å². The summed E-state index contributed by atoms with van der Waals surface area (Å²) in [6.45, 7) is 2.61. The van der Waals surface area contributed by atoms with Crippen molar-refractivity contribution < 1.29 is 29.3 Å². The summed E-state index contributed by atoms with van der Waals surface area (Å²) in [4.78, 5) is 22.9. The number of hydrogen-bond acceptors (Lipinski definition) is 5. The summed E-state index contributed by atoms with van der Waals surface area (Å²) in [6, 6.07) is 0. The van der Waals surface area contributed by atoms with Crippen LogP contribution in [0.2, 0.25) is 0 Å². The van der Waals surface area contributed by atoms with E-state index in [1.165, 1.54) is 18.2 Å². The van der Waals surface area contributed by atoms with E-state index < -0.39 is 51.5 Å². The lowest BCUT2D eigenvalue weighted by Gasteiger charge is -2.62. The number of carbonyl (C=O) groups excluding carboxylic acids is 2. The van der Waals surface area contributed by atoms with Crippen LogP contribution in [-0.2, 0) is 9.59 Å². The van der Waals surface area contributed by atoms with Crippen LogP contribution in [0.25, 0.3) is 0 Å². The molecule has 0 heterocycles. The Kier molecular flexibility index (Phi) is 4.17. The number of halogens is 2. The van der Waals surface area contributed by atoms with Crippen LogP contribution in [0.3, 0.4) is 0 Å². The van der Waals surface area contributed by atoms with E-state index in [0.29, 0.717) is 6.42 Å². The molecule has 7 heteroatoms. The first-order chi connectivity index (χ1) is 13.0. The maximum absolute atomic E-state index is 15.1. The molecule has 3 N–H and O–H groups in total. The predicted molar refractivity (Wildman–Crippen MR) is 100 cm³/mol. The zero-order valence-electron chi connectivity index (χ0n) is 15.8. The zero-order chi connectivity index (χ0) is 20.7. The minimum absolute atomic E-state index is 0.0278. The van der Waals surface area contributed by atoms with Gasteiger partial charge in [0.1, 0.15) is 18.0 Å². The summed E-state index contributed by atoms with van der Waals surface area (Å²) >= 11 is 7.11. The van der Waals surface area contributed by atoms with Gasteiger partial charge in [-0.15, -0.1) is 11.6 Å². The van der Waals surface area contributed by atoms with Crippen LogP contribution in [0.15, 0.2) is 35.7 Å². The van der Waals surface area contributed by atoms with Gasteiger partial charge in [0.15, 0.2) is 11.6 Å². The third-order valence-electron chi connectivity index (χ3n) is 8.01. The third kappa shape index (κ3) is 2.07. The van der Waals surface area contributed by atoms with Crippen LogP contribution in [0.4, 0.5) is 4.39 Å². The van der Waals surface area contributed by atoms with Crippen molar-refractivity contribution in [1.82, 2.24) is 0 Å². The molecule has 4 rings (SSSR count). The number of hydrogen-bond donors (Lipinski definition) is 3. The van der Waals surface area contributed by atoms with Crippen LogP contribution in [-0.4, -0.2) is 50.1 Å². The quantitative estimate of drug-likeness (QED) is 0.605. The van der Waals surface area contributed by atoms with Gasteiger partial charge in [0.2, 0.25) is 0 Å². The topological polar surface area (TPSA) is 94.8 Å². The van der Waals surface area contributed by atoms with Gasteiger partial charge >= 0.3 is 0 Å². The molecule has 4 aliphatic rings. The van der Waals surface area contributed by atoms with E-state index in [9.17, 15) is 24.9 Å². The van der Waals surface area contributed by atoms with Crippen molar-refractivity contribution in [3.05, 3.63) is 35.7 Å². The van der Waals surface area contributed by atoms with Gasteiger partial charge in [0, 0.05) is 22.3 Å². The molecular weight excluding hydrogens is 387 g/mol. The van der Waals surface area contributed by atoms with E-state index in [-0.39, 0.29) is 30.1 Å². The Hall–Kier alpha value is -1.34. The molecule has 0 amide bonds. The second kappa shape index (κ2) is 5.85. The molecule has 0 bridgehead atoms. The molecule has 0 aromatic carbocycles. The first-order valence-corrected chi connectivity index (χ1v) is 9.90. The van der Waals surface area contributed by atoms with Crippen molar-refractivity contribution in [3.8, 4) is 0 Å². The number of aliphatic hydroxyl groups excluding tert-OH is 2. The maximum Gasteiger partial charge on any atom is 0.190 e. The number of allylic oxidation sites excluding steroid dienone is 6. The molecule has 0 unspecified atom stereocenters. The highest BCUT2D eigenvalue weighted by Gasteiger charge is 2.73. The van der Waals surface area contributed by atoms with Gasteiger partial charge in [-0.1, -0.05) is 19.9 Å². The molecule has 152 valence electrons. The van der Waals surface area contributed by atoms with Gasteiger partial charge in [0.25, 0.3) is 0 Å². The van der Waals surface area contributed by atoms with Gasteiger partial charge in [-0.2, -0.15) is 0 Å². The Bertz CT molecular complexity index is 865. The Morgan fingerprint density at radius 3 is 2.71 bits per heavy atom. The van der Waals surface area contributed by atoms with Crippen LogP contribution < -0.4 is 0 Å². The molecule has 5 nitrogen and oxygen atoms in total. The average molecular weight is 411 g/mol. The fourth-order valence-corrected chi connectivity index (χ4v) is 6.79. The normalized spacial score (nSPS) is 49.7. The first-order valence-electron chi connectivity index (χ1n) is 9.52. The summed E-state index contributed by atoms with van der Waals surface area (Å²) in [6.07, 6.45) is 4.83. The molecule has 0 aliphatic heterocycles. The minimum Gasteiger partial charge on any atom is -0.391 e. The Balaban J connectivity index is 1.90. The van der Waals surface area contributed by atoms with Gasteiger partial charge in [0.05, 0.1) is 11.0 Å². The monoisotopic (exact) mass is 410 g/mol. The largest absolute Gasteiger partial charge is 0.391 e. The van der Waals surface area contributed by atoms with Crippen LogP contribution in [0, 0.1) is 22.7 Å². The van der Waals surface area contributed by atoms with E-state index in [1.54, 1.807) is 19.9 Å². The zero-order valence-corrected chi connectivity index (χ0v) is 16.5. The molecule has 2 fully saturated rings. The number of carbonyl (C=O) groups is 2. The van der Waals surface area contributed by atoms with Crippen molar-refractivity contribution in [2.75, 3.05) is 6.61 Å². The van der Waals surface area contributed by atoms with Gasteiger partial charge in [-0.25, -0.2) is 4.39 Å². The van der Waals surface area contributed by atoms with E-state index in [0.717, 1.165) is 0 Å². The standard InChI is InChI=1S/C21H24ClFO5/c1-18-5-3-11(25)7-14(18)15(23)8-13-12-4-6-20(28,17(27)10-24)19(12,2)9-16(26)21(13,18)22/h3,5,7-8,12-13,16,24,26,28H,4,6,9-10H2,1-2H3/t12-,13-,16-,18-,19-,20-,21-/m0/s1. The molecule has 7 atom stereocenters. The van der Waals surface area contributed by atoms with Crippen molar-refractivity contribution in [2.24, 2.45) is 22.7 Å². The van der Waals surface area contributed by atoms with Crippen molar-refractivity contribution >= 4 is 23.2 Å². The highest BCUT2D eigenvalue weighted by atomic mass is 35.5. The third-order valence-corrected chi connectivity index (χ3v) is 8.91. The van der Waals surface area contributed by atoms with Crippen molar-refractivity contribution in [3.63, 3.8) is 0 Å². The van der Waals surface area contributed by atoms with Crippen LogP contribution >= 0.6 is 11.6 Å². The predicted octanol–water partition coefficient (Wildman–Crippen LogP) is 1.99. The SMILES string of the molecule is C[C@]12C=CC(=O)C=C1C(F)=C[C@H]1[C@@H]3CC[C@](O)(C(=O)CO)[C@@]3(C)C[C@H](O)[C@@]12Cl. The van der Waals surface area contributed by atoms with Gasteiger partial charge < -0.3 is 15.3 Å². The molecule has 0 aromatic heterocycles. The van der Waals surface area contributed by atoms with E-state index in [4.69, 9.17) is 11.6 Å². The molecular formula is C21H24ClFO5. The highest BCUT2D eigenvalue weighted by Crippen LogP contribution is 2.69. The summed E-state index contributed by atoms with van der Waals surface area (Å²) in [5.41, 5.74) is -3.83. The fraction of sp³-hybridized carbons (Fsp3) is 0.619. The summed E-state index contributed by atoms with van der Waals surface area (Å²) in [5.74, 6) is -2.63. The number of fused-ring (bicyclic) bond motifs is 5. The summed E-state index contributed by atoms with van der Waals surface area (Å²) < 4.78 is 15.1. The number of aliphatic hydroxyl groups is 3. The Morgan fingerprint density at radius 1 is 1.39 bits per heavy atom. The number of alkyl halides is 1. The van der Waals surface area contributed by atoms with Crippen LogP contribution in [0.5, 0.6) is 0 Å². The first kappa shape index (κ1) is 20.0. The Labute approximate surface area is 167 Å². The number of Topliss-reactive ketones (excluding diaryl/α,β-unsaturated/α-hetero) is 1. The van der Waals surface area contributed by atoms with Gasteiger partial charge in [-0.05, 0) is 43.4 Å². The lowest BCUT2D eigenvalue weighted by molar-refractivity contribution is -0.169. The molecule has 0 spiro atoms. The summed E-state index contributed by atoms with van der Waals surface area (Å²) in [7, 11) is 0. The highest BCUT2D eigenvalue weighted by molar-refractivity contribution is 6.26. The molecule has 0 aromatic rings. The minimum atomic E-state index is -1.80. The average Bonchev–Trinajstić information content (AvgIpc) is 2.91. The smallest absolute Gasteiger partial charge is 0.190 e. The molecule has 2 saturated carbocycles. The van der Waals surface area contributed by atoms with Crippen LogP contribution in [0.1, 0.15) is 33.1 Å². The maximum atomic E-state index is 15.1. The number of rotatable bonds is 2. The van der Waals surface area contributed by atoms with Crippen molar-refractivity contribution in [2.45, 2.75) is 49.7 Å². The second-order valence-corrected chi connectivity index (χ2v) is 9.65. The molecule has 28 heavy (non-hydrogen) atoms. The second-order valence-electron chi connectivity index (χ2n) is 9.03. The lowest BCUT2D eigenvalue weighted by atomic mass is 9.47. The van der Waals surface area contributed by atoms with E-state index >= 15 is 4.39 Å². The van der Waals surface area contributed by atoms with E-state index in [1.807, 2.05) is 0 Å². The lowest BCUT2D eigenvalue weighted by Crippen LogP contribution is -2.68. The number of ketones is 2. The van der Waals surface area contributed by atoms with E-state index in [2.05, 4.69) is 0 Å². The molecule has 0 radical (unpaired) electrons. The Morgan fingerprint density at radius 2 is 2.07 bits per heavy atom.